The van der Waals surface area contributed by atoms with Crippen LogP contribution in [0, 0.1) is 0 Å². The zero-order valence-electron chi connectivity index (χ0n) is 15.6. The van der Waals surface area contributed by atoms with E-state index in [1.165, 1.54) is 19.3 Å². The van der Waals surface area contributed by atoms with Crippen LogP contribution in [0.25, 0.3) is 0 Å². The van der Waals surface area contributed by atoms with Gasteiger partial charge in [-0.3, -0.25) is 10.2 Å². The van der Waals surface area contributed by atoms with Gasteiger partial charge in [0, 0.05) is 6.54 Å². The molecule has 2 rings (SSSR count). The maximum atomic E-state index is 12.2. The van der Waals surface area contributed by atoms with E-state index in [4.69, 9.17) is 9.47 Å². The molecule has 0 radical (unpaired) electrons. The average Bonchev–Trinajstić information content (AvgIpc) is 2.60. The second kappa shape index (κ2) is 11.0. The van der Waals surface area contributed by atoms with Gasteiger partial charge in [0.25, 0.3) is 0 Å². The molecule has 5 nitrogen and oxygen atoms in total. The molecule has 1 aliphatic heterocycles. The van der Waals surface area contributed by atoms with Gasteiger partial charge in [0.1, 0.15) is 11.9 Å². The lowest BCUT2D eigenvalue weighted by Crippen LogP contribution is -2.37. The highest BCUT2D eigenvalue weighted by atomic mass is 16.6. The van der Waals surface area contributed by atoms with Gasteiger partial charge in [0.05, 0.1) is 12.3 Å². The van der Waals surface area contributed by atoms with E-state index in [2.05, 4.69) is 17.1 Å². The first-order valence-corrected chi connectivity index (χ1v) is 9.61. The molecule has 25 heavy (non-hydrogen) atoms. The topological polar surface area (TPSA) is 50.8 Å². The Balaban J connectivity index is 1.78. The number of anilines is 1. The summed E-state index contributed by atoms with van der Waals surface area (Å²) in [5.41, 5.74) is 0.661. The molecule has 1 saturated heterocycles. The second-order valence-corrected chi connectivity index (χ2v) is 6.75. The summed E-state index contributed by atoms with van der Waals surface area (Å²) in [4.78, 5) is 14.6. The molecule has 5 heteroatoms. The fourth-order valence-corrected chi connectivity index (χ4v) is 3.09. The molecule has 1 amide bonds. The number of para-hydroxylation sites is 2. The van der Waals surface area contributed by atoms with Crippen molar-refractivity contribution in [2.24, 2.45) is 0 Å². The van der Waals surface area contributed by atoms with Gasteiger partial charge < -0.3 is 9.47 Å². The largest absolute Gasteiger partial charge is 0.491 e. The van der Waals surface area contributed by atoms with E-state index >= 15 is 0 Å². The lowest BCUT2D eigenvalue weighted by atomic mass is 10.1. The molecule has 0 bridgehead atoms. The molecule has 1 N–H and O–H groups in total. The van der Waals surface area contributed by atoms with Crippen molar-refractivity contribution in [3.63, 3.8) is 0 Å². The quantitative estimate of drug-likeness (QED) is 0.658. The first-order valence-electron chi connectivity index (χ1n) is 9.61. The van der Waals surface area contributed by atoms with Crippen molar-refractivity contribution in [3.8, 4) is 5.75 Å². The van der Waals surface area contributed by atoms with Gasteiger partial charge in [0.2, 0.25) is 0 Å². The summed E-state index contributed by atoms with van der Waals surface area (Å²) in [6.45, 7) is 7.76. The second-order valence-electron chi connectivity index (χ2n) is 6.75. The molecular formula is C20H32N2O3. The van der Waals surface area contributed by atoms with Crippen LogP contribution in [0.2, 0.25) is 0 Å². The molecule has 140 valence electrons. The molecule has 0 aromatic heterocycles. The molecule has 1 unspecified atom stereocenters. The van der Waals surface area contributed by atoms with Gasteiger partial charge in [-0.15, -0.1) is 0 Å². The lowest BCUT2D eigenvalue weighted by Gasteiger charge is -2.28. The van der Waals surface area contributed by atoms with Crippen LogP contribution in [0.3, 0.4) is 0 Å². The Morgan fingerprint density at radius 3 is 2.72 bits per heavy atom. The fraction of sp³-hybridized carbons (Fsp3) is 0.650. The van der Waals surface area contributed by atoms with Crippen molar-refractivity contribution in [2.45, 2.75) is 58.5 Å². The van der Waals surface area contributed by atoms with Gasteiger partial charge >= 0.3 is 6.09 Å². The summed E-state index contributed by atoms with van der Waals surface area (Å²) >= 11 is 0. The maximum absolute atomic E-state index is 12.2. The standard InChI is InChI=1S/C20H32N2O3/c1-3-4-10-15-24-19-12-7-6-11-18(19)21-20(23)25-17(2)16-22-13-8-5-9-14-22/h6-7,11-12,17H,3-5,8-10,13-16H2,1-2H3,(H,21,23). The minimum atomic E-state index is -0.422. The third kappa shape index (κ3) is 7.34. The minimum Gasteiger partial charge on any atom is -0.491 e. The highest BCUT2D eigenvalue weighted by molar-refractivity contribution is 5.86. The number of carbonyl (C=O) groups excluding carboxylic acids is 1. The minimum absolute atomic E-state index is 0.129. The number of rotatable bonds is 9. The van der Waals surface area contributed by atoms with Crippen LogP contribution in [-0.2, 0) is 4.74 Å². The summed E-state index contributed by atoms with van der Waals surface area (Å²) in [6, 6.07) is 7.50. The summed E-state index contributed by atoms with van der Waals surface area (Å²) in [7, 11) is 0. The number of benzene rings is 1. The molecule has 1 heterocycles. The van der Waals surface area contributed by atoms with E-state index in [0.717, 1.165) is 38.9 Å². The number of nitrogens with zero attached hydrogens (tertiary/aromatic N) is 1. The number of unbranched alkanes of at least 4 members (excludes halogenated alkanes) is 2. The highest BCUT2D eigenvalue weighted by Gasteiger charge is 2.17. The lowest BCUT2D eigenvalue weighted by molar-refractivity contribution is 0.0832. The predicted molar refractivity (Wildman–Crippen MR) is 101 cm³/mol. The van der Waals surface area contributed by atoms with Crippen molar-refractivity contribution in [1.29, 1.82) is 0 Å². The van der Waals surface area contributed by atoms with Gasteiger partial charge in [-0.05, 0) is 51.4 Å². The monoisotopic (exact) mass is 348 g/mol. The van der Waals surface area contributed by atoms with Crippen molar-refractivity contribution in [1.82, 2.24) is 4.90 Å². The number of carbonyl (C=O) groups is 1. The van der Waals surface area contributed by atoms with E-state index in [1.54, 1.807) is 0 Å². The Morgan fingerprint density at radius 1 is 1.20 bits per heavy atom. The molecule has 1 fully saturated rings. The first-order chi connectivity index (χ1) is 12.2. The number of hydrogen-bond donors (Lipinski definition) is 1. The third-order valence-electron chi connectivity index (χ3n) is 4.40. The molecule has 1 aromatic rings. The van der Waals surface area contributed by atoms with Crippen LogP contribution in [0.4, 0.5) is 10.5 Å². The highest BCUT2D eigenvalue weighted by Crippen LogP contribution is 2.24. The van der Waals surface area contributed by atoms with Crippen LogP contribution in [0.15, 0.2) is 24.3 Å². The molecule has 0 spiro atoms. The van der Waals surface area contributed by atoms with Crippen molar-refractivity contribution < 1.29 is 14.3 Å². The van der Waals surface area contributed by atoms with E-state index < -0.39 is 6.09 Å². The van der Waals surface area contributed by atoms with Crippen molar-refractivity contribution >= 4 is 11.8 Å². The SMILES string of the molecule is CCCCCOc1ccccc1NC(=O)OC(C)CN1CCCCC1. The van der Waals surface area contributed by atoms with Crippen LogP contribution < -0.4 is 10.1 Å². The molecule has 1 atom stereocenters. The summed E-state index contributed by atoms with van der Waals surface area (Å²) in [6.07, 6.45) is 6.55. The van der Waals surface area contributed by atoms with Crippen LogP contribution in [0.5, 0.6) is 5.75 Å². The van der Waals surface area contributed by atoms with E-state index in [9.17, 15) is 4.79 Å². The Bertz CT molecular complexity index is 515. The first kappa shape index (κ1) is 19.6. The van der Waals surface area contributed by atoms with Crippen LogP contribution >= 0.6 is 0 Å². The summed E-state index contributed by atoms with van der Waals surface area (Å²) in [5, 5.41) is 2.81. The Kier molecular flexibility index (Phi) is 8.60. The molecular weight excluding hydrogens is 316 g/mol. The smallest absolute Gasteiger partial charge is 0.412 e. The molecule has 1 aromatic carbocycles. The van der Waals surface area contributed by atoms with E-state index in [1.807, 2.05) is 31.2 Å². The number of nitrogens with one attached hydrogen (secondary N) is 1. The van der Waals surface area contributed by atoms with Gasteiger partial charge in [0.15, 0.2) is 0 Å². The van der Waals surface area contributed by atoms with Gasteiger partial charge in [-0.2, -0.15) is 0 Å². The predicted octanol–water partition coefficient (Wildman–Crippen LogP) is 4.68. The van der Waals surface area contributed by atoms with Gasteiger partial charge in [-0.1, -0.05) is 38.3 Å². The zero-order valence-corrected chi connectivity index (χ0v) is 15.6. The molecule has 0 saturated carbocycles. The molecule has 1 aliphatic rings. The Morgan fingerprint density at radius 2 is 1.96 bits per heavy atom. The van der Waals surface area contributed by atoms with Gasteiger partial charge in [-0.25, -0.2) is 4.79 Å². The maximum Gasteiger partial charge on any atom is 0.412 e. The summed E-state index contributed by atoms with van der Waals surface area (Å²) < 4.78 is 11.3. The summed E-state index contributed by atoms with van der Waals surface area (Å²) in [5.74, 6) is 0.694. The van der Waals surface area contributed by atoms with Crippen molar-refractivity contribution in [3.05, 3.63) is 24.3 Å². The zero-order chi connectivity index (χ0) is 17.9. The van der Waals surface area contributed by atoms with Crippen LogP contribution in [0.1, 0.15) is 52.4 Å². The third-order valence-corrected chi connectivity index (χ3v) is 4.40. The van der Waals surface area contributed by atoms with E-state index in [-0.39, 0.29) is 6.10 Å². The Labute approximate surface area is 151 Å². The number of amides is 1. The number of likely N-dealkylation sites (tertiary alicyclic amines) is 1. The average molecular weight is 348 g/mol. The van der Waals surface area contributed by atoms with Crippen LogP contribution in [-0.4, -0.2) is 43.3 Å². The Hall–Kier alpha value is -1.75. The van der Waals surface area contributed by atoms with Crippen molar-refractivity contribution in [2.75, 3.05) is 31.6 Å². The molecule has 0 aliphatic carbocycles. The van der Waals surface area contributed by atoms with E-state index in [0.29, 0.717) is 18.0 Å². The number of hydrogen-bond acceptors (Lipinski definition) is 4. The number of piperidine rings is 1. The normalized spacial score (nSPS) is 16.2. The number of ether oxygens (including phenoxy) is 2. The fourth-order valence-electron chi connectivity index (χ4n) is 3.09.